The largest absolute Gasteiger partial charge is 0.394 e. The van der Waals surface area contributed by atoms with Gasteiger partial charge in [-0.25, -0.2) is 0 Å². The maximum atomic E-state index is 9.29. The van der Waals surface area contributed by atoms with E-state index in [9.17, 15) is 5.11 Å². The van der Waals surface area contributed by atoms with Crippen molar-refractivity contribution in [3.05, 3.63) is 169 Å². The summed E-state index contributed by atoms with van der Waals surface area (Å²) in [6.07, 6.45) is 0.778. The SMILES string of the molecule is OCCOCCc1c2ccccc2c(-c2ccc(-c3c4ccccc4c(-c4ccccc4)c4ccccc34)c3ccccc23)c2ccccc12. The van der Waals surface area contributed by atoms with Crippen LogP contribution in [-0.2, 0) is 11.2 Å². The molecule has 0 saturated carbocycles. The molecule has 0 bridgehead atoms. The van der Waals surface area contributed by atoms with Crippen molar-refractivity contribution in [2.75, 3.05) is 19.8 Å². The van der Waals surface area contributed by atoms with Crippen LogP contribution in [0.2, 0.25) is 0 Å². The minimum Gasteiger partial charge on any atom is -0.394 e. The quantitative estimate of drug-likeness (QED) is 0.132. The van der Waals surface area contributed by atoms with Crippen LogP contribution < -0.4 is 0 Å². The summed E-state index contributed by atoms with van der Waals surface area (Å²) in [5.41, 5.74) is 8.79. The van der Waals surface area contributed by atoms with Crippen LogP contribution in [0, 0.1) is 0 Å². The van der Waals surface area contributed by atoms with Gasteiger partial charge in [-0.2, -0.15) is 0 Å². The topological polar surface area (TPSA) is 29.5 Å². The first-order valence-corrected chi connectivity index (χ1v) is 17.5. The molecule has 2 heteroatoms. The summed E-state index contributed by atoms with van der Waals surface area (Å²) in [6.45, 7) is 0.953. The van der Waals surface area contributed by atoms with Gasteiger partial charge in [0.15, 0.2) is 0 Å². The number of aliphatic hydroxyl groups excluding tert-OH is 1. The number of aliphatic hydroxyl groups is 1. The van der Waals surface area contributed by atoms with E-state index in [1.807, 2.05) is 0 Å². The second kappa shape index (κ2) is 12.9. The Morgan fingerprint density at radius 1 is 0.340 bits per heavy atom. The van der Waals surface area contributed by atoms with E-state index in [0.717, 1.165) is 6.42 Å². The molecule has 0 aliphatic carbocycles. The maximum absolute atomic E-state index is 9.29. The van der Waals surface area contributed by atoms with Gasteiger partial charge in [-0.15, -0.1) is 0 Å². The van der Waals surface area contributed by atoms with E-state index < -0.39 is 0 Å². The van der Waals surface area contributed by atoms with Crippen molar-refractivity contribution in [1.82, 2.24) is 0 Å². The Kier molecular flexibility index (Phi) is 7.82. The van der Waals surface area contributed by atoms with Crippen LogP contribution in [0.3, 0.4) is 0 Å². The van der Waals surface area contributed by atoms with Crippen LogP contribution in [0.4, 0.5) is 0 Å². The molecule has 0 heterocycles. The van der Waals surface area contributed by atoms with Crippen LogP contribution in [0.15, 0.2) is 164 Å². The summed E-state index contributed by atoms with van der Waals surface area (Å²) in [7, 11) is 0. The second-order valence-electron chi connectivity index (χ2n) is 12.9. The third kappa shape index (κ3) is 4.96. The van der Waals surface area contributed by atoms with Gasteiger partial charge in [-0.3, -0.25) is 0 Å². The Labute approximate surface area is 291 Å². The predicted octanol–water partition coefficient (Wildman–Crippen LogP) is 12.0. The second-order valence-corrected chi connectivity index (χ2v) is 12.9. The monoisotopic (exact) mass is 644 g/mol. The molecule has 0 saturated heterocycles. The van der Waals surface area contributed by atoms with Crippen LogP contribution in [0.25, 0.3) is 87.2 Å². The lowest BCUT2D eigenvalue weighted by atomic mass is 9.82. The Balaban J connectivity index is 1.33. The van der Waals surface area contributed by atoms with E-state index in [1.54, 1.807) is 0 Å². The van der Waals surface area contributed by atoms with Crippen molar-refractivity contribution in [3.63, 3.8) is 0 Å². The zero-order valence-corrected chi connectivity index (χ0v) is 27.8. The third-order valence-electron chi connectivity index (χ3n) is 10.2. The number of hydrogen-bond donors (Lipinski definition) is 1. The smallest absolute Gasteiger partial charge is 0.0697 e. The minimum atomic E-state index is 0.0340. The molecule has 0 fully saturated rings. The number of fused-ring (bicyclic) bond motifs is 5. The number of hydrogen-bond acceptors (Lipinski definition) is 2. The van der Waals surface area contributed by atoms with Crippen LogP contribution in [-0.4, -0.2) is 24.9 Å². The molecule has 0 spiro atoms. The number of ether oxygens (including phenoxy) is 1. The zero-order valence-electron chi connectivity index (χ0n) is 27.8. The van der Waals surface area contributed by atoms with Crippen molar-refractivity contribution in [1.29, 1.82) is 0 Å². The lowest BCUT2D eigenvalue weighted by molar-refractivity contribution is 0.0947. The third-order valence-corrected chi connectivity index (χ3v) is 10.2. The molecule has 0 aliphatic heterocycles. The van der Waals surface area contributed by atoms with Gasteiger partial charge in [0.25, 0.3) is 0 Å². The molecule has 0 aromatic heterocycles. The lowest BCUT2D eigenvalue weighted by Crippen LogP contribution is -2.04. The summed E-state index contributed by atoms with van der Waals surface area (Å²) in [5, 5.41) is 21.8. The van der Waals surface area contributed by atoms with Crippen molar-refractivity contribution in [3.8, 4) is 33.4 Å². The Morgan fingerprint density at radius 3 is 1.14 bits per heavy atom. The van der Waals surface area contributed by atoms with Crippen molar-refractivity contribution in [2.45, 2.75) is 6.42 Å². The molecule has 0 atom stereocenters. The Morgan fingerprint density at radius 2 is 0.700 bits per heavy atom. The summed E-state index contributed by atoms with van der Waals surface area (Å²) in [5.74, 6) is 0. The molecular weight excluding hydrogens is 609 g/mol. The molecule has 50 heavy (non-hydrogen) atoms. The fraction of sp³-hybridized carbons (Fsp3) is 0.0833. The van der Waals surface area contributed by atoms with Crippen molar-refractivity contribution < 1.29 is 9.84 Å². The first-order chi connectivity index (χ1) is 24.8. The molecule has 0 radical (unpaired) electrons. The van der Waals surface area contributed by atoms with E-state index >= 15 is 0 Å². The van der Waals surface area contributed by atoms with E-state index in [4.69, 9.17) is 4.74 Å². The summed E-state index contributed by atoms with van der Waals surface area (Å²) in [4.78, 5) is 0. The highest BCUT2D eigenvalue weighted by Gasteiger charge is 2.21. The van der Waals surface area contributed by atoms with Gasteiger partial charge in [-0.05, 0) is 99.2 Å². The molecule has 9 aromatic carbocycles. The first-order valence-electron chi connectivity index (χ1n) is 17.5. The molecule has 0 amide bonds. The molecule has 9 aromatic rings. The highest BCUT2D eigenvalue weighted by atomic mass is 16.5. The molecular formula is C48H36O2. The summed E-state index contributed by atoms with van der Waals surface area (Å²) in [6, 6.07) is 59.8. The van der Waals surface area contributed by atoms with Crippen LogP contribution in [0.5, 0.6) is 0 Å². The fourth-order valence-electron chi connectivity index (χ4n) is 8.19. The average Bonchev–Trinajstić information content (AvgIpc) is 3.18. The van der Waals surface area contributed by atoms with E-state index in [2.05, 4.69) is 164 Å². The molecule has 0 aliphatic rings. The maximum Gasteiger partial charge on any atom is 0.0697 e. The Hall–Kier alpha value is -5.80. The average molecular weight is 645 g/mol. The first kappa shape index (κ1) is 30.3. The van der Waals surface area contributed by atoms with Crippen LogP contribution >= 0.6 is 0 Å². The lowest BCUT2D eigenvalue weighted by Gasteiger charge is -2.21. The van der Waals surface area contributed by atoms with Crippen LogP contribution in [0.1, 0.15) is 5.56 Å². The fourth-order valence-corrected chi connectivity index (χ4v) is 8.19. The predicted molar refractivity (Wildman–Crippen MR) is 212 cm³/mol. The van der Waals surface area contributed by atoms with Gasteiger partial charge in [0.2, 0.25) is 0 Å². The summed E-state index contributed by atoms with van der Waals surface area (Å²) < 4.78 is 5.76. The van der Waals surface area contributed by atoms with Crippen molar-refractivity contribution >= 4 is 53.9 Å². The zero-order chi connectivity index (χ0) is 33.4. The van der Waals surface area contributed by atoms with Gasteiger partial charge >= 0.3 is 0 Å². The van der Waals surface area contributed by atoms with E-state index in [-0.39, 0.29) is 6.61 Å². The summed E-state index contributed by atoms with van der Waals surface area (Å²) >= 11 is 0. The molecule has 1 N–H and O–H groups in total. The highest BCUT2D eigenvalue weighted by Crippen LogP contribution is 2.48. The number of benzene rings is 9. The van der Waals surface area contributed by atoms with Gasteiger partial charge in [0.1, 0.15) is 0 Å². The van der Waals surface area contributed by atoms with E-state index in [1.165, 1.54) is 92.8 Å². The standard InChI is InChI=1S/C48H36O2/c49-29-31-50-30-28-37-35-18-6-8-20-38(35)47(39-21-9-7-19-36(37)39)44-26-27-45(34-17-5-4-16-33(34)44)48-42-24-12-10-22-40(42)46(32-14-2-1-3-15-32)41-23-11-13-25-43(41)48/h1-27,49H,28-31H2. The highest BCUT2D eigenvalue weighted by molar-refractivity contribution is 6.25. The molecule has 9 rings (SSSR count). The number of rotatable bonds is 8. The van der Waals surface area contributed by atoms with Gasteiger partial charge in [0, 0.05) is 0 Å². The van der Waals surface area contributed by atoms with Gasteiger partial charge in [-0.1, -0.05) is 164 Å². The molecule has 0 unspecified atom stereocenters. The molecule has 2 nitrogen and oxygen atoms in total. The normalized spacial score (nSPS) is 11.7. The molecule has 240 valence electrons. The van der Waals surface area contributed by atoms with Gasteiger partial charge < -0.3 is 9.84 Å². The van der Waals surface area contributed by atoms with Crippen molar-refractivity contribution in [2.24, 2.45) is 0 Å². The Bertz CT molecular complexity index is 2580. The van der Waals surface area contributed by atoms with Gasteiger partial charge in [0.05, 0.1) is 19.8 Å². The minimum absolute atomic E-state index is 0.0340. The van der Waals surface area contributed by atoms with E-state index in [0.29, 0.717) is 13.2 Å².